The van der Waals surface area contributed by atoms with E-state index in [4.69, 9.17) is 4.74 Å². The average Bonchev–Trinajstić information content (AvgIpc) is 3.38. The fourth-order valence-corrected chi connectivity index (χ4v) is 5.29. The van der Waals surface area contributed by atoms with E-state index >= 15 is 0 Å². The van der Waals surface area contributed by atoms with Gasteiger partial charge in [-0.15, -0.1) is 22.7 Å². The Balaban J connectivity index is 1.45. The minimum Gasteiger partial charge on any atom is -0.494 e. The van der Waals surface area contributed by atoms with Crippen molar-refractivity contribution in [3.8, 4) is 16.5 Å². The standard InChI is InChI=1S/C18H12N4OS3/c1-23-12-6-4-8-14-15(12)21-18(26-14)22-17-20-11(9-24-17)16-19-10-5-2-3-7-13(10)25-16/h2-9H,1H3,(H,20,21,22). The van der Waals surface area contributed by atoms with Crippen LogP contribution in [0.3, 0.4) is 0 Å². The van der Waals surface area contributed by atoms with Crippen molar-refractivity contribution in [1.82, 2.24) is 15.0 Å². The molecule has 26 heavy (non-hydrogen) atoms. The van der Waals surface area contributed by atoms with Gasteiger partial charge in [0.15, 0.2) is 10.3 Å². The smallest absolute Gasteiger partial charge is 0.190 e. The number of benzene rings is 2. The van der Waals surface area contributed by atoms with Gasteiger partial charge in [0.25, 0.3) is 0 Å². The molecule has 0 aliphatic heterocycles. The predicted octanol–water partition coefficient (Wildman–Crippen LogP) is 5.78. The molecule has 3 aromatic heterocycles. The third-order valence-corrected chi connectivity index (χ3v) is 6.59. The van der Waals surface area contributed by atoms with Crippen LogP contribution in [0.4, 0.5) is 10.3 Å². The summed E-state index contributed by atoms with van der Waals surface area (Å²) in [6, 6.07) is 14.1. The number of fused-ring (bicyclic) bond motifs is 2. The monoisotopic (exact) mass is 396 g/mol. The molecule has 0 saturated carbocycles. The van der Waals surface area contributed by atoms with E-state index in [1.807, 2.05) is 41.8 Å². The Kier molecular flexibility index (Phi) is 3.81. The number of ether oxygens (including phenoxy) is 1. The maximum Gasteiger partial charge on any atom is 0.190 e. The van der Waals surface area contributed by atoms with Gasteiger partial charge in [0.05, 0.1) is 22.0 Å². The van der Waals surface area contributed by atoms with Crippen LogP contribution in [-0.4, -0.2) is 22.1 Å². The highest BCUT2D eigenvalue weighted by Crippen LogP contribution is 2.36. The van der Waals surface area contributed by atoms with Crippen LogP contribution in [-0.2, 0) is 0 Å². The molecule has 3 heterocycles. The van der Waals surface area contributed by atoms with Gasteiger partial charge in [0, 0.05) is 5.38 Å². The second-order valence-corrected chi connectivity index (χ2v) is 8.40. The van der Waals surface area contributed by atoms with Gasteiger partial charge in [-0.25, -0.2) is 15.0 Å². The van der Waals surface area contributed by atoms with E-state index in [0.717, 1.165) is 42.4 Å². The summed E-state index contributed by atoms with van der Waals surface area (Å²) in [5.74, 6) is 0.779. The molecular weight excluding hydrogens is 384 g/mol. The van der Waals surface area contributed by atoms with Crippen LogP contribution in [0.25, 0.3) is 31.1 Å². The Labute approximate surface area is 161 Å². The van der Waals surface area contributed by atoms with Crippen LogP contribution in [0.5, 0.6) is 5.75 Å². The van der Waals surface area contributed by atoms with Gasteiger partial charge in [-0.3, -0.25) is 0 Å². The van der Waals surface area contributed by atoms with Crippen molar-refractivity contribution >= 4 is 64.7 Å². The van der Waals surface area contributed by atoms with Crippen LogP contribution in [0.2, 0.25) is 0 Å². The molecule has 0 spiro atoms. The average molecular weight is 397 g/mol. The summed E-state index contributed by atoms with van der Waals surface area (Å²) in [4.78, 5) is 14.0. The molecule has 0 aliphatic carbocycles. The molecule has 5 rings (SSSR count). The van der Waals surface area contributed by atoms with Crippen LogP contribution in [0, 0.1) is 0 Å². The molecule has 0 radical (unpaired) electrons. The molecule has 5 nitrogen and oxygen atoms in total. The lowest BCUT2D eigenvalue weighted by molar-refractivity contribution is 0.419. The lowest BCUT2D eigenvalue weighted by atomic mass is 10.3. The van der Waals surface area contributed by atoms with E-state index in [1.165, 1.54) is 4.70 Å². The molecule has 0 fully saturated rings. The topological polar surface area (TPSA) is 59.9 Å². The molecule has 128 valence electrons. The van der Waals surface area contributed by atoms with Crippen molar-refractivity contribution in [2.75, 3.05) is 12.4 Å². The number of aromatic nitrogens is 3. The number of para-hydroxylation sites is 2. The summed E-state index contributed by atoms with van der Waals surface area (Å²) in [7, 11) is 1.66. The number of methoxy groups -OCH3 is 1. The van der Waals surface area contributed by atoms with E-state index in [2.05, 4.69) is 26.3 Å². The van der Waals surface area contributed by atoms with Crippen molar-refractivity contribution < 1.29 is 4.74 Å². The first-order chi connectivity index (χ1) is 12.8. The first-order valence-electron chi connectivity index (χ1n) is 7.82. The normalized spacial score (nSPS) is 11.3. The highest BCUT2D eigenvalue weighted by molar-refractivity contribution is 7.23. The second-order valence-electron chi connectivity index (χ2n) is 5.48. The minimum absolute atomic E-state index is 0.779. The van der Waals surface area contributed by atoms with Crippen molar-refractivity contribution in [2.24, 2.45) is 0 Å². The Morgan fingerprint density at radius 2 is 1.77 bits per heavy atom. The summed E-state index contributed by atoms with van der Waals surface area (Å²) in [6.07, 6.45) is 0. The van der Waals surface area contributed by atoms with E-state index in [9.17, 15) is 0 Å². The van der Waals surface area contributed by atoms with Gasteiger partial charge in [-0.1, -0.05) is 29.5 Å². The third-order valence-electron chi connectivity index (χ3n) is 3.83. The van der Waals surface area contributed by atoms with Gasteiger partial charge < -0.3 is 10.1 Å². The zero-order chi connectivity index (χ0) is 17.5. The van der Waals surface area contributed by atoms with Crippen LogP contribution in [0.15, 0.2) is 47.8 Å². The fraction of sp³-hybridized carbons (Fsp3) is 0.0556. The minimum atomic E-state index is 0.779. The van der Waals surface area contributed by atoms with Crippen LogP contribution in [0.1, 0.15) is 0 Å². The summed E-state index contributed by atoms with van der Waals surface area (Å²) in [6.45, 7) is 0. The zero-order valence-electron chi connectivity index (χ0n) is 13.6. The molecule has 1 N–H and O–H groups in total. The highest BCUT2D eigenvalue weighted by Gasteiger charge is 2.13. The van der Waals surface area contributed by atoms with Gasteiger partial charge >= 0.3 is 0 Å². The lowest BCUT2D eigenvalue weighted by Gasteiger charge is -1.98. The molecule has 0 aliphatic rings. The number of nitrogens with one attached hydrogen (secondary N) is 1. The molecule has 2 aromatic carbocycles. The van der Waals surface area contributed by atoms with E-state index < -0.39 is 0 Å². The molecule has 0 saturated heterocycles. The van der Waals surface area contributed by atoms with Crippen molar-refractivity contribution in [3.63, 3.8) is 0 Å². The lowest BCUT2D eigenvalue weighted by Crippen LogP contribution is -1.89. The van der Waals surface area contributed by atoms with Gasteiger partial charge in [0.1, 0.15) is 22.0 Å². The Hall–Kier alpha value is -2.55. The number of anilines is 2. The first kappa shape index (κ1) is 15.7. The molecule has 5 aromatic rings. The van der Waals surface area contributed by atoms with Gasteiger partial charge in [-0.2, -0.15) is 0 Å². The number of rotatable bonds is 4. The highest BCUT2D eigenvalue weighted by atomic mass is 32.1. The second kappa shape index (κ2) is 6.31. The fourth-order valence-electron chi connectivity index (χ4n) is 2.64. The zero-order valence-corrected chi connectivity index (χ0v) is 16.0. The maximum absolute atomic E-state index is 5.38. The predicted molar refractivity (Wildman–Crippen MR) is 110 cm³/mol. The summed E-state index contributed by atoms with van der Waals surface area (Å²) >= 11 is 4.79. The SMILES string of the molecule is COc1cccc2sc(Nc3nc(-c4nc5ccccc5s4)cs3)nc12. The van der Waals surface area contributed by atoms with E-state index in [1.54, 1.807) is 41.1 Å². The summed E-state index contributed by atoms with van der Waals surface area (Å²) in [5, 5.41) is 7.86. The van der Waals surface area contributed by atoms with Gasteiger partial charge in [0.2, 0.25) is 0 Å². The Bertz CT molecular complexity index is 1190. The maximum atomic E-state index is 5.38. The Morgan fingerprint density at radius 1 is 0.885 bits per heavy atom. The van der Waals surface area contributed by atoms with E-state index in [0.29, 0.717) is 0 Å². The third kappa shape index (κ3) is 2.72. The molecule has 8 heteroatoms. The molecule has 0 atom stereocenters. The molecule has 0 bridgehead atoms. The molecular formula is C18H12N4OS3. The summed E-state index contributed by atoms with van der Waals surface area (Å²) in [5.41, 5.74) is 2.76. The largest absolute Gasteiger partial charge is 0.494 e. The quantitative estimate of drug-likeness (QED) is 0.417. The van der Waals surface area contributed by atoms with Crippen LogP contribution >= 0.6 is 34.0 Å². The first-order valence-corrected chi connectivity index (χ1v) is 10.3. The number of thiazole rings is 3. The van der Waals surface area contributed by atoms with Crippen molar-refractivity contribution in [1.29, 1.82) is 0 Å². The molecule has 0 unspecified atom stereocenters. The number of hydrogen-bond acceptors (Lipinski definition) is 8. The number of nitrogens with zero attached hydrogens (tertiary/aromatic N) is 3. The van der Waals surface area contributed by atoms with Crippen molar-refractivity contribution in [2.45, 2.75) is 0 Å². The Morgan fingerprint density at radius 3 is 2.65 bits per heavy atom. The van der Waals surface area contributed by atoms with Gasteiger partial charge in [-0.05, 0) is 24.3 Å². The molecule has 0 amide bonds. The number of hydrogen-bond donors (Lipinski definition) is 1. The summed E-state index contributed by atoms with van der Waals surface area (Å²) < 4.78 is 7.63. The van der Waals surface area contributed by atoms with Crippen LogP contribution < -0.4 is 10.1 Å². The van der Waals surface area contributed by atoms with E-state index in [-0.39, 0.29) is 0 Å². The van der Waals surface area contributed by atoms with Crippen molar-refractivity contribution in [3.05, 3.63) is 47.8 Å².